The van der Waals surface area contributed by atoms with Gasteiger partial charge in [0.15, 0.2) is 0 Å². The number of aromatic nitrogens is 4. The number of piperidine rings is 1. The lowest BCUT2D eigenvalue weighted by molar-refractivity contribution is -0.159. The van der Waals surface area contributed by atoms with E-state index in [4.69, 9.17) is 0 Å². The van der Waals surface area contributed by atoms with E-state index in [1.54, 1.807) is 12.1 Å². The summed E-state index contributed by atoms with van der Waals surface area (Å²) in [5, 5.41) is 6.58. The molecule has 0 radical (unpaired) electrons. The molecule has 4 aromatic rings. The third-order valence-electron chi connectivity index (χ3n) is 5.93. The van der Waals surface area contributed by atoms with Crippen molar-refractivity contribution < 1.29 is 22.1 Å². The van der Waals surface area contributed by atoms with Gasteiger partial charge in [-0.15, -0.1) is 0 Å². The molecule has 0 aliphatic carbocycles. The number of benzene rings is 2. The van der Waals surface area contributed by atoms with Gasteiger partial charge in [-0.3, -0.25) is 4.90 Å². The minimum atomic E-state index is -4.67. The van der Waals surface area contributed by atoms with Gasteiger partial charge < -0.3 is 14.8 Å². The Morgan fingerprint density at radius 1 is 1.09 bits per heavy atom. The van der Waals surface area contributed by atoms with Crippen LogP contribution in [0.5, 0.6) is 0 Å². The van der Waals surface area contributed by atoms with Crippen molar-refractivity contribution in [2.45, 2.75) is 31.2 Å². The normalized spacial score (nSPS) is 19.5. The summed E-state index contributed by atoms with van der Waals surface area (Å²) in [5.41, 5.74) is 3.17. The summed E-state index contributed by atoms with van der Waals surface area (Å²) in [7, 11) is 0. The summed E-state index contributed by atoms with van der Waals surface area (Å²) in [6.45, 7) is 1.75. The average Bonchev–Trinajstić information content (AvgIpc) is 3.47. The van der Waals surface area contributed by atoms with E-state index in [0.29, 0.717) is 37.4 Å². The lowest BCUT2D eigenvalue weighted by Gasteiger charge is -2.35. The van der Waals surface area contributed by atoms with Crippen LogP contribution in [-0.2, 0) is 12.6 Å². The SMILES string of the molecule is F[C@H]1CN(CCc2ccc(-c3noc(C(F)(F)F)n3)cc2)CC[C@@H]1Nc1nc2ccccc2[nH]1. The van der Waals surface area contributed by atoms with E-state index in [9.17, 15) is 17.6 Å². The Morgan fingerprint density at radius 2 is 1.88 bits per heavy atom. The molecular formula is C23H22F4N6O. The first-order valence-electron chi connectivity index (χ1n) is 10.9. The molecule has 0 spiro atoms. The zero-order chi connectivity index (χ0) is 23.7. The molecule has 0 unspecified atom stereocenters. The number of nitrogens with one attached hydrogen (secondary N) is 2. The summed E-state index contributed by atoms with van der Waals surface area (Å²) in [4.78, 5) is 13.1. The number of halogens is 4. The Hall–Kier alpha value is -3.47. The molecule has 11 heteroatoms. The maximum Gasteiger partial charge on any atom is 0.471 e. The van der Waals surface area contributed by atoms with Crippen LogP contribution < -0.4 is 5.32 Å². The van der Waals surface area contributed by atoms with Crippen LogP contribution in [0.25, 0.3) is 22.4 Å². The highest BCUT2D eigenvalue weighted by Crippen LogP contribution is 2.29. The number of hydrogen-bond acceptors (Lipinski definition) is 6. The van der Waals surface area contributed by atoms with Crippen LogP contribution in [0.2, 0.25) is 0 Å². The van der Waals surface area contributed by atoms with Crippen LogP contribution in [0.15, 0.2) is 53.1 Å². The van der Waals surface area contributed by atoms with E-state index < -0.39 is 18.2 Å². The largest absolute Gasteiger partial charge is 0.471 e. The van der Waals surface area contributed by atoms with Gasteiger partial charge in [0.05, 0.1) is 17.1 Å². The topological polar surface area (TPSA) is 82.9 Å². The summed E-state index contributed by atoms with van der Waals surface area (Å²) in [5.74, 6) is -0.907. The summed E-state index contributed by atoms with van der Waals surface area (Å²) >= 11 is 0. The van der Waals surface area contributed by atoms with Gasteiger partial charge in [-0.1, -0.05) is 41.6 Å². The van der Waals surface area contributed by atoms with Crippen molar-refractivity contribution in [3.8, 4) is 11.4 Å². The summed E-state index contributed by atoms with van der Waals surface area (Å²) in [6, 6.07) is 14.3. The Bertz CT molecular complexity index is 1220. The maximum atomic E-state index is 14.8. The third-order valence-corrected chi connectivity index (χ3v) is 5.93. The van der Waals surface area contributed by atoms with Crippen LogP contribution >= 0.6 is 0 Å². The van der Waals surface area contributed by atoms with Crippen molar-refractivity contribution >= 4 is 17.0 Å². The van der Waals surface area contributed by atoms with E-state index in [1.807, 2.05) is 36.4 Å². The van der Waals surface area contributed by atoms with Crippen molar-refractivity contribution in [2.75, 3.05) is 25.0 Å². The molecule has 7 nitrogen and oxygen atoms in total. The van der Waals surface area contributed by atoms with Gasteiger partial charge in [-0.25, -0.2) is 9.37 Å². The quantitative estimate of drug-likeness (QED) is 0.394. The van der Waals surface area contributed by atoms with Crippen LogP contribution in [0, 0.1) is 0 Å². The van der Waals surface area contributed by atoms with E-state index in [1.165, 1.54) is 0 Å². The Labute approximate surface area is 192 Å². The fraction of sp³-hybridized carbons (Fsp3) is 0.348. The number of rotatable bonds is 6. The average molecular weight is 474 g/mol. The summed E-state index contributed by atoms with van der Waals surface area (Å²) in [6.07, 6.45) is -4.37. The molecule has 1 aliphatic heterocycles. The number of nitrogens with zero attached hydrogens (tertiary/aromatic N) is 4. The number of fused-ring (bicyclic) bond motifs is 1. The molecule has 3 heterocycles. The minimum Gasteiger partial charge on any atom is -0.350 e. The highest BCUT2D eigenvalue weighted by Gasteiger charge is 2.38. The number of anilines is 1. The highest BCUT2D eigenvalue weighted by molar-refractivity contribution is 5.77. The van der Waals surface area contributed by atoms with E-state index in [2.05, 4.69) is 34.8 Å². The predicted molar refractivity (Wildman–Crippen MR) is 118 cm³/mol. The van der Waals surface area contributed by atoms with Gasteiger partial charge >= 0.3 is 12.1 Å². The van der Waals surface area contributed by atoms with Crippen LogP contribution in [0.4, 0.5) is 23.5 Å². The van der Waals surface area contributed by atoms with Gasteiger partial charge in [0.2, 0.25) is 11.8 Å². The van der Waals surface area contributed by atoms with Crippen molar-refractivity contribution in [2.24, 2.45) is 0 Å². The zero-order valence-electron chi connectivity index (χ0n) is 18.0. The lowest BCUT2D eigenvalue weighted by Crippen LogP contribution is -2.48. The Balaban J connectivity index is 1.12. The van der Waals surface area contributed by atoms with Gasteiger partial charge in [0, 0.05) is 25.2 Å². The molecule has 0 bridgehead atoms. The van der Waals surface area contributed by atoms with Crippen LogP contribution in [0.3, 0.4) is 0 Å². The molecule has 0 amide bonds. The van der Waals surface area contributed by atoms with E-state index >= 15 is 0 Å². The zero-order valence-corrected chi connectivity index (χ0v) is 18.0. The first kappa shape index (κ1) is 22.3. The first-order valence-corrected chi connectivity index (χ1v) is 10.9. The number of H-pyrrole nitrogens is 1. The van der Waals surface area contributed by atoms with Gasteiger partial charge in [0.25, 0.3) is 0 Å². The Kier molecular flexibility index (Phi) is 5.94. The predicted octanol–water partition coefficient (Wildman–Crippen LogP) is 4.70. The number of alkyl halides is 4. The molecule has 2 atom stereocenters. The van der Waals surface area contributed by atoms with Crippen molar-refractivity contribution in [1.82, 2.24) is 25.0 Å². The molecule has 0 saturated carbocycles. The fourth-order valence-corrected chi connectivity index (χ4v) is 4.09. The lowest BCUT2D eigenvalue weighted by atomic mass is 10.0. The van der Waals surface area contributed by atoms with Crippen LogP contribution in [0.1, 0.15) is 17.9 Å². The molecule has 34 heavy (non-hydrogen) atoms. The molecule has 5 rings (SSSR count). The fourth-order valence-electron chi connectivity index (χ4n) is 4.09. The molecule has 1 aliphatic rings. The number of likely N-dealkylation sites (tertiary alicyclic amines) is 1. The van der Waals surface area contributed by atoms with Crippen molar-refractivity contribution in [1.29, 1.82) is 0 Å². The smallest absolute Gasteiger partial charge is 0.350 e. The van der Waals surface area contributed by atoms with Crippen LogP contribution in [-0.4, -0.2) is 56.9 Å². The monoisotopic (exact) mass is 474 g/mol. The molecule has 2 aromatic carbocycles. The van der Waals surface area contributed by atoms with E-state index in [0.717, 1.165) is 23.1 Å². The number of hydrogen-bond donors (Lipinski definition) is 2. The molecule has 2 N–H and O–H groups in total. The summed E-state index contributed by atoms with van der Waals surface area (Å²) < 4.78 is 57.0. The second kappa shape index (κ2) is 9.05. The Morgan fingerprint density at radius 3 is 2.59 bits per heavy atom. The number of aromatic amines is 1. The molecule has 1 fully saturated rings. The molecule has 1 saturated heterocycles. The van der Waals surface area contributed by atoms with Gasteiger partial charge in [-0.05, 0) is 30.5 Å². The first-order chi connectivity index (χ1) is 16.3. The van der Waals surface area contributed by atoms with Crippen molar-refractivity contribution in [3.05, 3.63) is 60.0 Å². The van der Waals surface area contributed by atoms with Gasteiger partial charge in [-0.2, -0.15) is 18.2 Å². The standard InChI is InChI=1S/C23H22F4N6O/c24-16-13-33(12-10-17(16)28-22-29-18-3-1-2-4-19(18)30-22)11-9-14-5-7-15(8-6-14)20-31-21(34-32-20)23(25,26)27/h1-8,16-17H,9-13H2,(H2,28,29,30)/t16-,17-/m0/s1. The minimum absolute atomic E-state index is 0.113. The van der Waals surface area contributed by atoms with E-state index in [-0.39, 0.29) is 11.9 Å². The number of para-hydroxylation sites is 2. The van der Waals surface area contributed by atoms with Crippen molar-refractivity contribution in [3.63, 3.8) is 0 Å². The third kappa shape index (κ3) is 4.89. The molecule has 178 valence electrons. The highest BCUT2D eigenvalue weighted by atomic mass is 19.4. The maximum absolute atomic E-state index is 14.8. The van der Waals surface area contributed by atoms with Gasteiger partial charge in [0.1, 0.15) is 6.17 Å². The molecule has 2 aromatic heterocycles. The number of imidazole rings is 1. The second-order valence-electron chi connectivity index (χ2n) is 8.33. The second-order valence-corrected chi connectivity index (χ2v) is 8.33. The molecular weight excluding hydrogens is 452 g/mol.